The maximum absolute atomic E-state index is 11.6. The summed E-state index contributed by atoms with van der Waals surface area (Å²) in [6, 6.07) is 0.0457. The van der Waals surface area contributed by atoms with Crippen LogP contribution in [0.1, 0.15) is 19.5 Å². The van der Waals surface area contributed by atoms with Crippen LogP contribution in [-0.2, 0) is 11.3 Å². The van der Waals surface area contributed by atoms with E-state index in [1.807, 2.05) is 13.8 Å². The van der Waals surface area contributed by atoms with E-state index in [9.17, 15) is 4.79 Å². The number of carbonyl (C=O) groups is 1. The normalized spacial score (nSPS) is 10.6. The fraction of sp³-hybridized carbons (Fsp3) is 0.500. The monoisotopic (exact) mass is 261 g/mol. The molecule has 0 saturated heterocycles. The second-order valence-electron chi connectivity index (χ2n) is 3.54. The molecule has 0 N–H and O–H groups in total. The van der Waals surface area contributed by atoms with Gasteiger partial charge in [-0.1, -0.05) is 11.6 Å². The van der Waals surface area contributed by atoms with Gasteiger partial charge < -0.3 is 4.90 Å². The van der Waals surface area contributed by atoms with Gasteiger partial charge in [0.05, 0.1) is 12.2 Å². The van der Waals surface area contributed by atoms with Gasteiger partial charge in [-0.25, -0.2) is 4.98 Å². The molecule has 0 spiro atoms. The number of nitrogens with zero attached hydrogens (tertiary/aromatic N) is 3. The van der Waals surface area contributed by atoms with Gasteiger partial charge in [0.1, 0.15) is 5.88 Å². The van der Waals surface area contributed by atoms with Crippen molar-refractivity contribution in [1.29, 1.82) is 0 Å². The highest BCUT2D eigenvalue weighted by atomic mass is 35.5. The van der Waals surface area contributed by atoms with Crippen molar-refractivity contribution in [2.45, 2.75) is 26.4 Å². The summed E-state index contributed by atoms with van der Waals surface area (Å²) in [4.78, 5) is 21.2. The first-order valence-corrected chi connectivity index (χ1v) is 5.78. The van der Waals surface area contributed by atoms with Gasteiger partial charge in [-0.05, 0) is 13.8 Å². The minimum Gasteiger partial charge on any atom is -0.333 e. The number of hydrogen-bond acceptors (Lipinski definition) is 3. The molecule has 16 heavy (non-hydrogen) atoms. The van der Waals surface area contributed by atoms with E-state index in [0.717, 1.165) is 0 Å². The standard InChI is InChI=1S/C10H13Cl2N3O/c1-7(2)15(9(16)5-11)6-8-10(12)14-4-3-13-8/h3-4,7H,5-6H2,1-2H3. The molecule has 0 bridgehead atoms. The zero-order valence-corrected chi connectivity index (χ0v) is 10.7. The van der Waals surface area contributed by atoms with Crippen molar-refractivity contribution in [2.75, 3.05) is 5.88 Å². The van der Waals surface area contributed by atoms with Gasteiger partial charge >= 0.3 is 0 Å². The van der Waals surface area contributed by atoms with Crippen LogP contribution in [0.5, 0.6) is 0 Å². The molecule has 1 heterocycles. The molecule has 1 amide bonds. The number of amides is 1. The number of halogens is 2. The number of alkyl halides is 1. The van der Waals surface area contributed by atoms with Crippen LogP contribution in [0.3, 0.4) is 0 Å². The van der Waals surface area contributed by atoms with Gasteiger partial charge in [0.15, 0.2) is 5.15 Å². The highest BCUT2D eigenvalue weighted by Gasteiger charge is 2.18. The lowest BCUT2D eigenvalue weighted by atomic mass is 10.3. The van der Waals surface area contributed by atoms with Gasteiger partial charge in [0.25, 0.3) is 0 Å². The first kappa shape index (κ1) is 13.2. The SMILES string of the molecule is CC(C)N(Cc1nccnc1Cl)C(=O)CCl. The molecule has 0 aliphatic carbocycles. The van der Waals surface area contributed by atoms with Crippen LogP contribution in [0.15, 0.2) is 12.4 Å². The van der Waals surface area contributed by atoms with Gasteiger partial charge in [-0.3, -0.25) is 9.78 Å². The van der Waals surface area contributed by atoms with Crippen molar-refractivity contribution in [3.63, 3.8) is 0 Å². The molecule has 1 rings (SSSR count). The lowest BCUT2D eigenvalue weighted by molar-refractivity contribution is -0.130. The van der Waals surface area contributed by atoms with Gasteiger partial charge in [0, 0.05) is 18.4 Å². The molecule has 0 unspecified atom stereocenters. The smallest absolute Gasteiger partial charge is 0.238 e. The van der Waals surface area contributed by atoms with Crippen molar-refractivity contribution in [3.8, 4) is 0 Å². The largest absolute Gasteiger partial charge is 0.333 e. The third-order valence-electron chi connectivity index (χ3n) is 2.10. The number of carbonyl (C=O) groups excluding carboxylic acids is 1. The van der Waals surface area contributed by atoms with Crippen LogP contribution in [0, 0.1) is 0 Å². The summed E-state index contributed by atoms with van der Waals surface area (Å²) in [7, 11) is 0. The zero-order valence-electron chi connectivity index (χ0n) is 9.15. The van der Waals surface area contributed by atoms with E-state index >= 15 is 0 Å². The average molecular weight is 262 g/mol. The predicted molar refractivity (Wildman–Crippen MR) is 63.4 cm³/mol. The Bertz CT molecular complexity index is 371. The van der Waals surface area contributed by atoms with Crippen LogP contribution < -0.4 is 0 Å². The fourth-order valence-electron chi connectivity index (χ4n) is 1.25. The number of rotatable bonds is 4. The quantitative estimate of drug-likeness (QED) is 0.780. The summed E-state index contributed by atoms with van der Waals surface area (Å²) >= 11 is 11.4. The first-order valence-electron chi connectivity index (χ1n) is 4.87. The van der Waals surface area contributed by atoms with E-state index in [4.69, 9.17) is 23.2 Å². The van der Waals surface area contributed by atoms with Gasteiger partial charge in [0.2, 0.25) is 5.91 Å². The van der Waals surface area contributed by atoms with Crippen molar-refractivity contribution in [1.82, 2.24) is 14.9 Å². The fourth-order valence-corrected chi connectivity index (χ4v) is 1.57. The second kappa shape index (κ2) is 6.01. The van der Waals surface area contributed by atoms with Crippen LogP contribution >= 0.6 is 23.2 Å². The lowest BCUT2D eigenvalue weighted by Crippen LogP contribution is -2.37. The summed E-state index contributed by atoms with van der Waals surface area (Å²) in [5.41, 5.74) is 0.580. The Balaban J connectivity index is 2.84. The zero-order chi connectivity index (χ0) is 12.1. The van der Waals surface area contributed by atoms with E-state index in [0.29, 0.717) is 17.4 Å². The third-order valence-corrected chi connectivity index (χ3v) is 2.65. The van der Waals surface area contributed by atoms with E-state index in [-0.39, 0.29) is 17.8 Å². The Morgan fingerprint density at radius 2 is 2.06 bits per heavy atom. The van der Waals surface area contributed by atoms with Crippen molar-refractivity contribution < 1.29 is 4.79 Å². The lowest BCUT2D eigenvalue weighted by Gasteiger charge is -2.25. The maximum Gasteiger partial charge on any atom is 0.238 e. The molecule has 1 aromatic rings. The molecule has 1 aromatic heterocycles. The van der Waals surface area contributed by atoms with Crippen molar-refractivity contribution in [3.05, 3.63) is 23.2 Å². The summed E-state index contributed by atoms with van der Waals surface area (Å²) in [6.45, 7) is 4.15. The molecule has 0 atom stereocenters. The molecule has 6 heteroatoms. The summed E-state index contributed by atoms with van der Waals surface area (Å²) in [6.07, 6.45) is 3.06. The first-order chi connectivity index (χ1) is 7.56. The minimum absolute atomic E-state index is 0.0456. The molecule has 88 valence electrons. The van der Waals surface area contributed by atoms with Crippen LogP contribution in [0.4, 0.5) is 0 Å². The molecule has 0 aromatic carbocycles. The Hall–Kier alpha value is -0.870. The molecule has 0 radical (unpaired) electrons. The topological polar surface area (TPSA) is 46.1 Å². The van der Waals surface area contributed by atoms with E-state index in [2.05, 4.69) is 9.97 Å². The van der Waals surface area contributed by atoms with Crippen LogP contribution in [-0.4, -0.2) is 32.7 Å². The summed E-state index contributed by atoms with van der Waals surface area (Å²) in [5, 5.41) is 0.315. The van der Waals surface area contributed by atoms with Crippen LogP contribution in [0.25, 0.3) is 0 Å². The Labute approximate surface area is 105 Å². The Morgan fingerprint density at radius 1 is 1.44 bits per heavy atom. The highest BCUT2D eigenvalue weighted by Crippen LogP contribution is 2.13. The highest BCUT2D eigenvalue weighted by molar-refractivity contribution is 6.30. The third kappa shape index (κ3) is 3.32. The Kier molecular flexibility index (Phi) is 4.96. The molecular weight excluding hydrogens is 249 g/mol. The summed E-state index contributed by atoms with van der Waals surface area (Å²) in [5.74, 6) is -0.186. The number of hydrogen-bond donors (Lipinski definition) is 0. The molecular formula is C10H13Cl2N3O. The van der Waals surface area contributed by atoms with E-state index < -0.39 is 0 Å². The summed E-state index contributed by atoms with van der Waals surface area (Å²) < 4.78 is 0. The molecule has 0 aliphatic rings. The molecule has 4 nitrogen and oxygen atoms in total. The van der Waals surface area contributed by atoms with E-state index in [1.54, 1.807) is 11.1 Å². The predicted octanol–water partition coefficient (Wildman–Crippen LogP) is 2.11. The molecule has 0 aliphatic heterocycles. The molecule has 0 fully saturated rings. The van der Waals surface area contributed by atoms with Crippen LogP contribution in [0.2, 0.25) is 5.15 Å². The maximum atomic E-state index is 11.6. The van der Waals surface area contributed by atoms with Crippen molar-refractivity contribution >= 4 is 29.1 Å². The Morgan fingerprint density at radius 3 is 2.56 bits per heavy atom. The van der Waals surface area contributed by atoms with Gasteiger partial charge in [-0.2, -0.15) is 0 Å². The minimum atomic E-state index is -0.140. The van der Waals surface area contributed by atoms with Gasteiger partial charge in [-0.15, -0.1) is 11.6 Å². The average Bonchev–Trinajstić information content (AvgIpc) is 2.26. The number of aromatic nitrogens is 2. The van der Waals surface area contributed by atoms with E-state index in [1.165, 1.54) is 6.20 Å². The van der Waals surface area contributed by atoms with Crippen molar-refractivity contribution in [2.24, 2.45) is 0 Å². The molecule has 0 saturated carbocycles. The second-order valence-corrected chi connectivity index (χ2v) is 4.17.